The van der Waals surface area contributed by atoms with Crippen LogP contribution >= 0.6 is 27.3 Å². The number of piperazine rings is 1. The fraction of sp³-hybridized carbons (Fsp3) is 0.222. The van der Waals surface area contributed by atoms with Crippen molar-refractivity contribution in [1.29, 1.82) is 0 Å². The van der Waals surface area contributed by atoms with E-state index < -0.39 is 10.0 Å². The maximum absolute atomic E-state index is 12.8. The summed E-state index contributed by atoms with van der Waals surface area (Å²) >= 11 is 4.56. The number of thiophene rings is 1. The topological polar surface area (TPSA) is 79.5 Å². The molecule has 1 aliphatic heterocycles. The molecule has 1 aromatic carbocycles. The first kappa shape index (κ1) is 18.0. The number of fused-ring (bicyclic) bond motifs is 3. The molecule has 1 saturated heterocycles. The summed E-state index contributed by atoms with van der Waals surface area (Å²) in [6.45, 7) is 1.86. The van der Waals surface area contributed by atoms with Gasteiger partial charge in [-0.15, -0.1) is 11.3 Å². The van der Waals surface area contributed by atoms with Gasteiger partial charge in [-0.3, -0.25) is 0 Å². The summed E-state index contributed by atoms with van der Waals surface area (Å²) in [5.41, 5.74) is 2.19. The van der Waals surface area contributed by atoms with E-state index in [0.29, 0.717) is 41.8 Å². The van der Waals surface area contributed by atoms with Crippen molar-refractivity contribution in [3.8, 4) is 0 Å². The van der Waals surface area contributed by atoms with Crippen LogP contribution in [0, 0.1) is 0 Å². The van der Waals surface area contributed by atoms with Gasteiger partial charge in [-0.25, -0.2) is 18.4 Å². The van der Waals surface area contributed by atoms with Gasteiger partial charge in [0.15, 0.2) is 11.4 Å². The van der Waals surface area contributed by atoms with Crippen LogP contribution in [0.15, 0.2) is 55.1 Å². The summed E-state index contributed by atoms with van der Waals surface area (Å²) in [5, 5.41) is 0.950. The molecule has 1 fully saturated rings. The molecule has 0 atom stereocenters. The molecule has 0 unspecified atom stereocenters. The second-order valence-corrected chi connectivity index (χ2v) is 11.1. The van der Waals surface area contributed by atoms with E-state index in [4.69, 9.17) is 4.42 Å². The second kappa shape index (κ2) is 6.80. The lowest BCUT2D eigenvalue weighted by molar-refractivity contribution is 0.384. The highest BCUT2D eigenvalue weighted by Gasteiger charge is 2.31. The molecule has 0 amide bonds. The summed E-state index contributed by atoms with van der Waals surface area (Å²) in [7, 11) is -3.47. The summed E-state index contributed by atoms with van der Waals surface area (Å²) in [4.78, 5) is 10.9. The van der Waals surface area contributed by atoms with E-state index in [9.17, 15) is 8.42 Å². The van der Waals surface area contributed by atoms with E-state index in [-0.39, 0.29) is 0 Å². The van der Waals surface area contributed by atoms with E-state index in [2.05, 4.69) is 30.8 Å². The van der Waals surface area contributed by atoms with Crippen LogP contribution in [-0.4, -0.2) is 48.9 Å². The Labute approximate surface area is 173 Å². The molecule has 5 rings (SSSR count). The van der Waals surface area contributed by atoms with Crippen LogP contribution in [0.5, 0.6) is 0 Å². The minimum atomic E-state index is -3.47. The Balaban J connectivity index is 1.43. The summed E-state index contributed by atoms with van der Waals surface area (Å²) in [6.07, 6.45) is 1.53. The smallest absolute Gasteiger partial charge is 0.252 e. The third-order valence-corrected chi connectivity index (χ3v) is 8.81. The highest BCUT2D eigenvalue weighted by atomic mass is 79.9. The summed E-state index contributed by atoms with van der Waals surface area (Å²) in [5.74, 6) is 0.706. The van der Waals surface area contributed by atoms with Crippen LogP contribution in [0.25, 0.3) is 22.1 Å². The van der Waals surface area contributed by atoms with Gasteiger partial charge in [0.2, 0.25) is 0 Å². The van der Waals surface area contributed by atoms with Gasteiger partial charge in [0, 0.05) is 31.6 Å². The van der Waals surface area contributed by atoms with E-state index >= 15 is 0 Å². The monoisotopic (exact) mass is 478 g/mol. The Kier molecular flexibility index (Phi) is 4.38. The number of benzene rings is 1. The van der Waals surface area contributed by atoms with Crippen molar-refractivity contribution in [2.24, 2.45) is 0 Å². The minimum absolute atomic E-state index is 0.356. The first-order valence-corrected chi connectivity index (χ1v) is 11.7. The zero-order valence-corrected chi connectivity index (χ0v) is 17.8. The van der Waals surface area contributed by atoms with Gasteiger partial charge < -0.3 is 9.32 Å². The number of hydrogen-bond acceptors (Lipinski definition) is 7. The first-order valence-electron chi connectivity index (χ1n) is 8.67. The summed E-state index contributed by atoms with van der Waals surface area (Å²) in [6, 6.07) is 11.1. The van der Waals surface area contributed by atoms with Gasteiger partial charge in [-0.05, 0) is 40.2 Å². The lowest BCUT2D eigenvalue weighted by Crippen LogP contribution is -2.48. The van der Waals surface area contributed by atoms with E-state index in [1.54, 1.807) is 12.1 Å². The van der Waals surface area contributed by atoms with Gasteiger partial charge in [0.05, 0.1) is 3.79 Å². The normalized spacial score (nSPS) is 16.2. The fourth-order valence-corrected chi connectivity index (χ4v) is 7.03. The molecular weight excluding hydrogens is 464 g/mol. The van der Waals surface area contributed by atoms with Gasteiger partial charge in [0.25, 0.3) is 10.0 Å². The van der Waals surface area contributed by atoms with Crippen LogP contribution in [0.3, 0.4) is 0 Å². The third kappa shape index (κ3) is 2.91. The van der Waals surface area contributed by atoms with Gasteiger partial charge in [0.1, 0.15) is 21.6 Å². The molecule has 0 saturated carbocycles. The van der Waals surface area contributed by atoms with Gasteiger partial charge in [-0.1, -0.05) is 12.1 Å². The number of hydrogen-bond donors (Lipinski definition) is 0. The fourth-order valence-electron chi connectivity index (χ4n) is 3.44. The molecule has 1 aliphatic rings. The predicted molar refractivity (Wildman–Crippen MR) is 112 cm³/mol. The van der Waals surface area contributed by atoms with Crippen molar-refractivity contribution < 1.29 is 12.8 Å². The number of aromatic nitrogens is 2. The van der Waals surface area contributed by atoms with E-state index in [0.717, 1.165) is 20.3 Å². The molecule has 0 radical (unpaired) electrons. The van der Waals surface area contributed by atoms with Crippen molar-refractivity contribution >= 4 is 65.2 Å². The maximum Gasteiger partial charge on any atom is 0.252 e. The molecule has 0 bridgehead atoms. The Morgan fingerprint density at radius 2 is 1.82 bits per heavy atom. The van der Waals surface area contributed by atoms with Gasteiger partial charge >= 0.3 is 0 Å². The van der Waals surface area contributed by atoms with Crippen LogP contribution in [-0.2, 0) is 10.0 Å². The van der Waals surface area contributed by atoms with Crippen LogP contribution in [0.2, 0.25) is 0 Å². The lowest BCUT2D eigenvalue weighted by Gasteiger charge is -2.34. The lowest BCUT2D eigenvalue weighted by atomic mass is 10.2. The Morgan fingerprint density at radius 3 is 2.57 bits per heavy atom. The van der Waals surface area contributed by atoms with E-state index in [1.165, 1.54) is 22.0 Å². The minimum Gasteiger partial charge on any atom is -0.450 e. The summed E-state index contributed by atoms with van der Waals surface area (Å²) < 4.78 is 34.3. The number of anilines is 1. The predicted octanol–water partition coefficient (Wildman–Crippen LogP) is 3.71. The molecule has 10 heteroatoms. The van der Waals surface area contributed by atoms with Crippen LogP contribution < -0.4 is 4.90 Å². The first-order chi connectivity index (χ1) is 13.5. The van der Waals surface area contributed by atoms with Crippen LogP contribution in [0.4, 0.5) is 5.82 Å². The molecule has 4 aromatic rings. The average molecular weight is 479 g/mol. The zero-order valence-electron chi connectivity index (χ0n) is 14.6. The standard InChI is InChI=1S/C18H15BrN4O3S2/c19-14-5-6-15(27-14)28(24,25)23-9-7-22(8-10-23)18-17-16(20-11-21-18)12-3-1-2-4-13(12)26-17/h1-6,11H,7-10H2. The maximum atomic E-state index is 12.8. The SMILES string of the molecule is O=S(=O)(c1ccc(Br)s1)N1CCN(c2ncnc3c2oc2ccccc23)CC1. The van der Waals surface area contributed by atoms with Crippen molar-refractivity contribution in [1.82, 2.24) is 14.3 Å². The Bertz CT molecular complexity index is 1280. The third-order valence-electron chi connectivity index (χ3n) is 4.82. The number of halogens is 1. The van der Waals surface area contributed by atoms with Crippen molar-refractivity contribution in [2.75, 3.05) is 31.1 Å². The molecule has 7 nitrogen and oxygen atoms in total. The molecule has 28 heavy (non-hydrogen) atoms. The quantitative estimate of drug-likeness (QED) is 0.446. The number of rotatable bonds is 3. The average Bonchev–Trinajstić information content (AvgIpc) is 3.32. The number of furan rings is 1. The van der Waals surface area contributed by atoms with Crippen LogP contribution in [0.1, 0.15) is 0 Å². The molecule has 0 N–H and O–H groups in total. The molecule has 4 heterocycles. The molecule has 3 aromatic heterocycles. The molecule has 144 valence electrons. The van der Waals surface area contributed by atoms with Gasteiger partial charge in [-0.2, -0.15) is 4.31 Å². The van der Waals surface area contributed by atoms with Crippen molar-refractivity contribution in [3.05, 3.63) is 46.5 Å². The van der Waals surface area contributed by atoms with Crippen molar-refractivity contribution in [3.63, 3.8) is 0 Å². The largest absolute Gasteiger partial charge is 0.450 e. The van der Waals surface area contributed by atoms with Crippen molar-refractivity contribution in [2.45, 2.75) is 4.21 Å². The highest BCUT2D eigenvalue weighted by Crippen LogP contribution is 2.33. The molecule has 0 spiro atoms. The Morgan fingerprint density at radius 1 is 1.04 bits per heavy atom. The number of para-hydroxylation sites is 1. The van der Waals surface area contributed by atoms with E-state index in [1.807, 2.05) is 24.3 Å². The second-order valence-electron chi connectivity index (χ2n) is 6.42. The number of nitrogens with zero attached hydrogens (tertiary/aromatic N) is 4. The molecular formula is C18H15BrN4O3S2. The zero-order chi connectivity index (χ0) is 19.3. The number of sulfonamides is 1. The Hall–Kier alpha value is -2.01. The highest BCUT2D eigenvalue weighted by molar-refractivity contribution is 9.11. The molecule has 0 aliphatic carbocycles.